The molecule has 2 aromatic carbocycles. The van der Waals surface area contributed by atoms with E-state index in [0.717, 1.165) is 34.9 Å². The van der Waals surface area contributed by atoms with Crippen molar-refractivity contribution in [3.8, 4) is 11.1 Å². The first kappa shape index (κ1) is 23.9. The van der Waals surface area contributed by atoms with Crippen LogP contribution in [-0.4, -0.2) is 18.4 Å². The van der Waals surface area contributed by atoms with Gasteiger partial charge in [0.15, 0.2) is 0 Å². The highest BCUT2D eigenvalue weighted by Crippen LogP contribution is 2.38. The van der Waals surface area contributed by atoms with Gasteiger partial charge in [-0.1, -0.05) is 30.3 Å². The van der Waals surface area contributed by atoms with E-state index in [2.05, 4.69) is 5.32 Å². The number of nitrogens with one attached hydrogen (secondary N) is 1. The van der Waals surface area contributed by atoms with Gasteiger partial charge in [-0.15, -0.1) is 0 Å². The fourth-order valence-corrected chi connectivity index (χ4v) is 5.41. The predicted molar refractivity (Wildman–Crippen MR) is 134 cm³/mol. The molecule has 5 rings (SSSR count). The standard InChI is InChI=1S/C29H29NO6/c1-16-12-23-26(27-25(16)22(15-35-27)19-6-4-3-5-7-19)17(2)21(29(34)36-23)13-24(31)30-14-18-8-10-20(11-9-18)28(32)33/h3-7,12,15,18,20H,8-11,13-14H2,1-2H3,(H,30,31)(H,32,33)/p-1. The SMILES string of the molecule is Cc1cc2oc(=O)c(CC(=O)NCC3CCC(C(=O)[O-])CC3)c(C)c2c2occ(-c3ccccc3)c12. The molecule has 0 bridgehead atoms. The molecule has 4 aromatic rings. The van der Waals surface area contributed by atoms with Crippen molar-refractivity contribution in [2.45, 2.75) is 46.0 Å². The lowest BCUT2D eigenvalue weighted by Crippen LogP contribution is -2.37. The Morgan fingerprint density at radius 2 is 1.78 bits per heavy atom. The number of carbonyl (C=O) groups excluding carboxylic acids is 2. The van der Waals surface area contributed by atoms with Crippen LogP contribution in [0.4, 0.5) is 0 Å². The molecule has 1 fully saturated rings. The molecule has 36 heavy (non-hydrogen) atoms. The minimum absolute atomic E-state index is 0.0971. The van der Waals surface area contributed by atoms with Gasteiger partial charge in [0, 0.05) is 23.5 Å². The van der Waals surface area contributed by atoms with Gasteiger partial charge in [0.2, 0.25) is 5.91 Å². The quantitative estimate of drug-likeness (QED) is 0.412. The monoisotopic (exact) mass is 486 g/mol. The van der Waals surface area contributed by atoms with Gasteiger partial charge in [0.1, 0.15) is 11.2 Å². The van der Waals surface area contributed by atoms with Crippen molar-refractivity contribution in [1.82, 2.24) is 5.32 Å². The summed E-state index contributed by atoms with van der Waals surface area (Å²) in [6.45, 7) is 4.24. The molecule has 1 saturated carbocycles. The second-order valence-corrected chi connectivity index (χ2v) is 9.80. The molecule has 7 nitrogen and oxygen atoms in total. The molecule has 1 N–H and O–H groups in total. The molecule has 186 valence electrons. The van der Waals surface area contributed by atoms with Crippen molar-refractivity contribution in [3.05, 3.63) is 69.8 Å². The number of hydrogen-bond acceptors (Lipinski definition) is 6. The number of benzene rings is 2. The van der Waals surface area contributed by atoms with Crippen LogP contribution in [0.15, 0.2) is 56.3 Å². The number of carbonyl (C=O) groups is 2. The molecule has 0 saturated heterocycles. The van der Waals surface area contributed by atoms with Crippen LogP contribution in [0.2, 0.25) is 0 Å². The van der Waals surface area contributed by atoms with Gasteiger partial charge in [0.05, 0.1) is 23.6 Å². The molecule has 1 aliphatic carbocycles. The Morgan fingerprint density at radius 3 is 2.47 bits per heavy atom. The van der Waals surface area contributed by atoms with Gasteiger partial charge in [-0.25, -0.2) is 4.79 Å². The lowest BCUT2D eigenvalue weighted by Gasteiger charge is -2.29. The zero-order chi connectivity index (χ0) is 25.4. The largest absolute Gasteiger partial charge is 0.550 e. The second kappa shape index (κ2) is 9.64. The van der Waals surface area contributed by atoms with Crippen molar-refractivity contribution in [2.75, 3.05) is 6.54 Å². The number of amides is 1. The van der Waals surface area contributed by atoms with Crippen molar-refractivity contribution in [2.24, 2.45) is 11.8 Å². The van der Waals surface area contributed by atoms with Crippen molar-refractivity contribution in [3.63, 3.8) is 0 Å². The lowest BCUT2D eigenvalue weighted by atomic mass is 9.82. The Labute approximate surface area is 208 Å². The number of carboxylic acids is 1. The summed E-state index contributed by atoms with van der Waals surface area (Å²) in [5.74, 6) is -1.43. The number of aryl methyl sites for hydroxylation is 2. The van der Waals surface area contributed by atoms with E-state index in [1.807, 2.05) is 50.2 Å². The fraction of sp³-hybridized carbons (Fsp3) is 0.345. The first-order chi connectivity index (χ1) is 17.3. The summed E-state index contributed by atoms with van der Waals surface area (Å²) in [5, 5.41) is 15.6. The number of carboxylic acid groups (broad SMARTS) is 1. The minimum Gasteiger partial charge on any atom is -0.550 e. The van der Waals surface area contributed by atoms with Crippen molar-refractivity contribution < 1.29 is 23.5 Å². The van der Waals surface area contributed by atoms with Gasteiger partial charge in [-0.3, -0.25) is 4.79 Å². The average Bonchev–Trinajstić information content (AvgIpc) is 3.31. The summed E-state index contributed by atoms with van der Waals surface area (Å²) in [6.07, 6.45) is 4.23. The van der Waals surface area contributed by atoms with Crippen LogP contribution in [-0.2, 0) is 16.0 Å². The molecule has 0 unspecified atom stereocenters. The Bertz CT molecular complexity index is 1510. The topological polar surface area (TPSA) is 113 Å². The van der Waals surface area contributed by atoms with Crippen molar-refractivity contribution >= 4 is 33.8 Å². The van der Waals surface area contributed by atoms with Crippen molar-refractivity contribution in [1.29, 1.82) is 0 Å². The lowest BCUT2D eigenvalue weighted by molar-refractivity contribution is -0.312. The van der Waals surface area contributed by atoms with Crippen LogP contribution in [0.3, 0.4) is 0 Å². The van der Waals surface area contributed by atoms with Crippen LogP contribution in [0.25, 0.3) is 33.1 Å². The van der Waals surface area contributed by atoms with E-state index < -0.39 is 17.5 Å². The summed E-state index contributed by atoms with van der Waals surface area (Å²) < 4.78 is 11.7. The van der Waals surface area contributed by atoms with Gasteiger partial charge in [-0.2, -0.15) is 0 Å². The van der Waals surface area contributed by atoms with E-state index in [9.17, 15) is 19.5 Å². The third-order valence-corrected chi connectivity index (χ3v) is 7.47. The molecular weight excluding hydrogens is 458 g/mol. The molecule has 2 heterocycles. The van der Waals surface area contributed by atoms with Gasteiger partial charge < -0.3 is 24.1 Å². The maximum atomic E-state index is 12.8. The number of aliphatic carboxylic acids is 1. The number of rotatable bonds is 6. The summed E-state index contributed by atoms with van der Waals surface area (Å²) in [5.41, 5.74) is 4.45. The number of furan rings is 1. The smallest absolute Gasteiger partial charge is 0.340 e. The summed E-state index contributed by atoms with van der Waals surface area (Å²) in [6, 6.07) is 11.8. The average molecular weight is 487 g/mol. The van der Waals surface area contributed by atoms with Crippen LogP contribution >= 0.6 is 0 Å². The third kappa shape index (κ3) is 4.41. The highest BCUT2D eigenvalue weighted by atomic mass is 16.4. The zero-order valence-electron chi connectivity index (χ0n) is 20.4. The van der Waals surface area contributed by atoms with E-state index in [0.29, 0.717) is 47.1 Å². The molecule has 0 atom stereocenters. The predicted octanol–water partition coefficient (Wildman–Crippen LogP) is 4.04. The molecule has 1 amide bonds. The van der Waals surface area contributed by atoms with E-state index >= 15 is 0 Å². The van der Waals surface area contributed by atoms with E-state index in [-0.39, 0.29) is 18.2 Å². The maximum absolute atomic E-state index is 12.8. The summed E-state index contributed by atoms with van der Waals surface area (Å²) in [7, 11) is 0. The normalized spacial score (nSPS) is 17.9. The zero-order valence-corrected chi connectivity index (χ0v) is 20.4. The summed E-state index contributed by atoms with van der Waals surface area (Å²) in [4.78, 5) is 36.6. The first-order valence-electron chi connectivity index (χ1n) is 12.3. The maximum Gasteiger partial charge on any atom is 0.340 e. The molecule has 2 aromatic heterocycles. The van der Waals surface area contributed by atoms with Gasteiger partial charge in [0.25, 0.3) is 0 Å². The number of fused-ring (bicyclic) bond motifs is 3. The summed E-state index contributed by atoms with van der Waals surface area (Å²) >= 11 is 0. The van der Waals surface area contributed by atoms with Gasteiger partial charge >= 0.3 is 5.63 Å². The van der Waals surface area contributed by atoms with Crippen LogP contribution in [0, 0.1) is 25.7 Å². The van der Waals surface area contributed by atoms with E-state index in [1.165, 1.54) is 0 Å². The molecule has 7 heteroatoms. The van der Waals surface area contributed by atoms with Crippen LogP contribution < -0.4 is 16.0 Å². The Balaban J connectivity index is 1.41. The van der Waals surface area contributed by atoms with E-state index in [4.69, 9.17) is 8.83 Å². The number of hydrogen-bond donors (Lipinski definition) is 1. The molecule has 1 aliphatic rings. The molecule has 0 spiro atoms. The van der Waals surface area contributed by atoms with Crippen LogP contribution in [0.1, 0.15) is 42.4 Å². The van der Waals surface area contributed by atoms with E-state index in [1.54, 1.807) is 6.26 Å². The fourth-order valence-electron chi connectivity index (χ4n) is 5.41. The Hall–Kier alpha value is -3.87. The Morgan fingerprint density at radius 1 is 1.06 bits per heavy atom. The van der Waals surface area contributed by atoms with Gasteiger partial charge in [-0.05, 0) is 74.1 Å². The highest BCUT2D eigenvalue weighted by Gasteiger charge is 2.24. The third-order valence-electron chi connectivity index (χ3n) is 7.47. The van der Waals surface area contributed by atoms with Crippen LogP contribution in [0.5, 0.6) is 0 Å². The molecular formula is C29H28NO6-. The minimum atomic E-state index is -0.993. The Kier molecular flexibility index (Phi) is 6.39. The molecule has 0 aliphatic heterocycles. The first-order valence-corrected chi connectivity index (χ1v) is 12.3. The molecule has 0 radical (unpaired) electrons. The second-order valence-electron chi connectivity index (χ2n) is 9.80. The highest BCUT2D eigenvalue weighted by molar-refractivity contribution is 6.11.